The van der Waals surface area contributed by atoms with Gasteiger partial charge in [-0.25, -0.2) is 4.79 Å². The van der Waals surface area contributed by atoms with Crippen LogP contribution in [0.5, 0.6) is 0 Å². The minimum Gasteiger partial charge on any atom is -0.465 e. The Morgan fingerprint density at radius 3 is 2.42 bits per heavy atom. The van der Waals surface area contributed by atoms with Crippen molar-refractivity contribution in [3.63, 3.8) is 0 Å². The average molecular weight is 331 g/mol. The second-order valence-corrected chi connectivity index (χ2v) is 7.71. The molecule has 1 aromatic carbocycles. The minimum atomic E-state index is -0.490. The lowest BCUT2D eigenvalue weighted by atomic mass is 9.78. The third-order valence-corrected chi connectivity index (χ3v) is 5.25. The summed E-state index contributed by atoms with van der Waals surface area (Å²) >= 11 is 0. The third-order valence-electron chi connectivity index (χ3n) is 5.25. The van der Waals surface area contributed by atoms with Crippen LogP contribution in [0.3, 0.4) is 0 Å². The fourth-order valence-corrected chi connectivity index (χ4v) is 2.70. The third kappa shape index (κ3) is 3.30. The van der Waals surface area contributed by atoms with E-state index in [9.17, 15) is 4.79 Å². The monoisotopic (exact) mass is 331 g/mol. The van der Waals surface area contributed by atoms with E-state index in [-0.39, 0.29) is 5.97 Å². The Morgan fingerprint density at radius 2 is 1.88 bits per heavy atom. The molecule has 1 saturated heterocycles. The van der Waals surface area contributed by atoms with Crippen LogP contribution in [0.4, 0.5) is 5.69 Å². The Morgan fingerprint density at radius 1 is 1.25 bits per heavy atom. The summed E-state index contributed by atoms with van der Waals surface area (Å²) in [5.74, 6) is 0.366. The van der Waals surface area contributed by atoms with E-state index in [2.05, 4.69) is 5.32 Å². The second-order valence-electron chi connectivity index (χ2n) is 7.71. The zero-order chi connectivity index (χ0) is 17.5. The Labute approximate surface area is 144 Å². The van der Waals surface area contributed by atoms with Crippen molar-refractivity contribution in [2.24, 2.45) is 5.92 Å². The first-order valence-electron chi connectivity index (χ1n) is 8.55. The van der Waals surface area contributed by atoms with Gasteiger partial charge in [0.05, 0.1) is 23.9 Å². The zero-order valence-electron chi connectivity index (χ0n) is 15.1. The number of anilines is 1. The van der Waals surface area contributed by atoms with Gasteiger partial charge in [0.2, 0.25) is 0 Å². The molecule has 2 aliphatic rings. The van der Waals surface area contributed by atoms with Crippen molar-refractivity contribution in [2.75, 3.05) is 19.0 Å². The number of hydrogen-bond donors (Lipinski definition) is 1. The molecular weight excluding hydrogens is 305 g/mol. The normalized spacial score (nSPS) is 21.6. The zero-order valence-corrected chi connectivity index (χ0v) is 15.1. The molecule has 24 heavy (non-hydrogen) atoms. The number of esters is 1. The van der Waals surface area contributed by atoms with E-state index < -0.39 is 18.3 Å². The van der Waals surface area contributed by atoms with Gasteiger partial charge in [0, 0.05) is 12.2 Å². The molecule has 0 amide bonds. The smallest absolute Gasteiger partial charge is 0.465 e. The number of methoxy groups -OCH3 is 1. The van der Waals surface area contributed by atoms with E-state index in [1.807, 2.05) is 45.9 Å². The van der Waals surface area contributed by atoms with Crippen molar-refractivity contribution in [1.82, 2.24) is 0 Å². The van der Waals surface area contributed by atoms with Gasteiger partial charge in [-0.15, -0.1) is 0 Å². The summed E-state index contributed by atoms with van der Waals surface area (Å²) in [6.45, 7) is 8.94. The Balaban J connectivity index is 1.85. The predicted molar refractivity (Wildman–Crippen MR) is 94.7 cm³/mol. The van der Waals surface area contributed by atoms with Gasteiger partial charge in [0.15, 0.2) is 0 Å². The van der Waals surface area contributed by atoms with Gasteiger partial charge < -0.3 is 19.4 Å². The van der Waals surface area contributed by atoms with Crippen molar-refractivity contribution < 1.29 is 18.8 Å². The fourth-order valence-electron chi connectivity index (χ4n) is 2.70. The molecular formula is C18H26BNO4. The van der Waals surface area contributed by atoms with Crippen LogP contribution in [0.1, 0.15) is 50.9 Å². The first kappa shape index (κ1) is 17.3. The highest BCUT2D eigenvalue weighted by Crippen LogP contribution is 2.36. The SMILES string of the molecule is COC(=O)c1cc(B2OC(C)(C)C(C)(C)O2)ccc1NCC1CC1. The largest absolute Gasteiger partial charge is 0.494 e. The lowest BCUT2D eigenvalue weighted by molar-refractivity contribution is 0.00578. The highest BCUT2D eigenvalue weighted by molar-refractivity contribution is 6.62. The van der Waals surface area contributed by atoms with Crippen LogP contribution in [0.15, 0.2) is 18.2 Å². The second kappa shape index (κ2) is 6.08. The van der Waals surface area contributed by atoms with Gasteiger partial charge in [-0.1, -0.05) is 6.07 Å². The first-order chi connectivity index (χ1) is 11.2. The first-order valence-corrected chi connectivity index (χ1v) is 8.55. The molecule has 0 radical (unpaired) electrons. The summed E-state index contributed by atoms with van der Waals surface area (Å²) in [5.41, 5.74) is 1.32. The van der Waals surface area contributed by atoms with Gasteiger partial charge in [0.1, 0.15) is 0 Å². The molecule has 1 heterocycles. The van der Waals surface area contributed by atoms with Crippen LogP contribution in [0.2, 0.25) is 0 Å². The summed E-state index contributed by atoms with van der Waals surface area (Å²) < 4.78 is 17.1. The van der Waals surface area contributed by atoms with Crippen LogP contribution >= 0.6 is 0 Å². The molecule has 1 aliphatic heterocycles. The molecule has 0 bridgehead atoms. The maximum atomic E-state index is 12.2. The molecule has 1 N–H and O–H groups in total. The summed E-state index contributed by atoms with van der Waals surface area (Å²) in [5, 5.41) is 3.36. The van der Waals surface area contributed by atoms with Gasteiger partial charge >= 0.3 is 13.1 Å². The standard InChI is InChI=1S/C18H26BNO4/c1-17(2)18(3,4)24-19(23-17)13-8-9-15(20-11-12-6-7-12)14(10-13)16(21)22-5/h8-10,12,20H,6-7,11H2,1-5H3. The van der Waals surface area contributed by atoms with Crippen LogP contribution < -0.4 is 10.8 Å². The predicted octanol–water partition coefficient (Wildman–Crippen LogP) is 2.59. The lowest BCUT2D eigenvalue weighted by Crippen LogP contribution is -2.41. The molecule has 1 aliphatic carbocycles. The van der Waals surface area contributed by atoms with Gasteiger partial charge in [-0.2, -0.15) is 0 Å². The Kier molecular flexibility index (Phi) is 4.38. The van der Waals surface area contributed by atoms with E-state index in [1.54, 1.807) is 0 Å². The highest BCUT2D eigenvalue weighted by atomic mass is 16.7. The molecule has 0 atom stereocenters. The average Bonchev–Trinajstić information content (AvgIpc) is 3.31. The van der Waals surface area contributed by atoms with Gasteiger partial charge in [-0.05, 0) is 64.1 Å². The number of benzene rings is 1. The van der Waals surface area contributed by atoms with Crippen molar-refractivity contribution >= 4 is 24.2 Å². The molecule has 2 fully saturated rings. The fraction of sp³-hybridized carbons (Fsp3) is 0.611. The Hall–Kier alpha value is -1.53. The van der Waals surface area contributed by atoms with E-state index in [1.165, 1.54) is 20.0 Å². The maximum Gasteiger partial charge on any atom is 0.494 e. The van der Waals surface area contributed by atoms with Crippen LogP contribution in [-0.2, 0) is 14.0 Å². The van der Waals surface area contributed by atoms with Gasteiger partial charge in [-0.3, -0.25) is 0 Å². The van der Waals surface area contributed by atoms with E-state index in [0.717, 1.165) is 23.6 Å². The number of nitrogens with one attached hydrogen (secondary N) is 1. The van der Waals surface area contributed by atoms with Crippen molar-refractivity contribution in [3.8, 4) is 0 Å². The van der Waals surface area contributed by atoms with E-state index in [0.29, 0.717) is 5.56 Å². The minimum absolute atomic E-state index is 0.355. The maximum absolute atomic E-state index is 12.2. The van der Waals surface area contributed by atoms with Crippen molar-refractivity contribution in [1.29, 1.82) is 0 Å². The number of carbonyl (C=O) groups excluding carboxylic acids is 1. The van der Waals surface area contributed by atoms with Crippen molar-refractivity contribution in [3.05, 3.63) is 23.8 Å². The van der Waals surface area contributed by atoms with E-state index >= 15 is 0 Å². The van der Waals surface area contributed by atoms with Gasteiger partial charge in [0.25, 0.3) is 0 Å². The van der Waals surface area contributed by atoms with Crippen molar-refractivity contribution in [2.45, 2.75) is 51.7 Å². The summed E-state index contributed by atoms with van der Waals surface area (Å²) in [6, 6.07) is 5.67. The molecule has 0 unspecified atom stereocenters. The molecule has 5 nitrogen and oxygen atoms in total. The molecule has 130 valence electrons. The molecule has 1 aromatic rings. The number of rotatable bonds is 5. The lowest BCUT2D eigenvalue weighted by Gasteiger charge is -2.32. The number of carbonyl (C=O) groups is 1. The topological polar surface area (TPSA) is 56.8 Å². The molecule has 6 heteroatoms. The highest BCUT2D eigenvalue weighted by Gasteiger charge is 2.51. The van der Waals surface area contributed by atoms with Crippen LogP contribution in [-0.4, -0.2) is 37.9 Å². The Bertz CT molecular complexity index is 624. The van der Waals surface area contributed by atoms with Crippen LogP contribution in [0, 0.1) is 5.92 Å². The van der Waals surface area contributed by atoms with E-state index in [4.69, 9.17) is 14.0 Å². The molecule has 3 rings (SSSR count). The summed E-state index contributed by atoms with van der Waals surface area (Å²) in [7, 11) is 0.907. The quantitative estimate of drug-likeness (QED) is 0.664. The molecule has 0 aromatic heterocycles. The summed E-state index contributed by atoms with van der Waals surface area (Å²) in [4.78, 5) is 12.2. The van der Waals surface area contributed by atoms with Crippen LogP contribution in [0.25, 0.3) is 0 Å². The summed E-state index contributed by atoms with van der Waals surface area (Å²) in [6.07, 6.45) is 2.51. The molecule has 0 spiro atoms. The number of hydrogen-bond acceptors (Lipinski definition) is 5. The molecule has 1 saturated carbocycles. The number of ether oxygens (including phenoxy) is 1.